The minimum atomic E-state index is 0.176. The van der Waals surface area contributed by atoms with Crippen molar-refractivity contribution in [1.29, 1.82) is 0 Å². The molecule has 3 nitrogen and oxygen atoms in total. The lowest BCUT2D eigenvalue weighted by Gasteiger charge is -2.01. The highest BCUT2D eigenvalue weighted by Gasteiger charge is 2.09. The SMILES string of the molecule is COc1ccc2c(c1)c(CC(C)=O)cn2C. The van der Waals surface area contributed by atoms with Gasteiger partial charge >= 0.3 is 0 Å². The second-order valence-corrected chi connectivity index (χ2v) is 4.03. The molecule has 0 spiro atoms. The van der Waals surface area contributed by atoms with Crippen molar-refractivity contribution < 1.29 is 9.53 Å². The summed E-state index contributed by atoms with van der Waals surface area (Å²) in [6.45, 7) is 1.61. The number of ketones is 1. The first-order valence-corrected chi connectivity index (χ1v) is 5.23. The second kappa shape index (κ2) is 4.00. The monoisotopic (exact) mass is 217 g/mol. The summed E-state index contributed by atoms with van der Waals surface area (Å²) in [7, 11) is 3.63. The first-order valence-electron chi connectivity index (χ1n) is 5.23. The van der Waals surface area contributed by atoms with E-state index >= 15 is 0 Å². The van der Waals surface area contributed by atoms with Crippen LogP contribution in [0, 0.1) is 0 Å². The van der Waals surface area contributed by atoms with Gasteiger partial charge in [-0.25, -0.2) is 0 Å². The largest absolute Gasteiger partial charge is 0.497 e. The second-order valence-electron chi connectivity index (χ2n) is 4.03. The molecule has 2 aromatic rings. The van der Waals surface area contributed by atoms with E-state index in [-0.39, 0.29) is 5.78 Å². The number of aryl methyl sites for hydroxylation is 1. The fourth-order valence-electron chi connectivity index (χ4n) is 1.99. The molecule has 0 bridgehead atoms. The normalized spacial score (nSPS) is 10.7. The van der Waals surface area contributed by atoms with Crippen LogP contribution in [-0.4, -0.2) is 17.5 Å². The number of carbonyl (C=O) groups is 1. The van der Waals surface area contributed by atoms with Gasteiger partial charge in [0.15, 0.2) is 0 Å². The fraction of sp³-hybridized carbons (Fsp3) is 0.308. The summed E-state index contributed by atoms with van der Waals surface area (Å²) < 4.78 is 7.23. The standard InChI is InChI=1S/C13H15NO2/c1-9(15)6-10-8-14(2)13-5-4-11(16-3)7-12(10)13/h4-5,7-8H,6H2,1-3H3. The van der Waals surface area contributed by atoms with Crippen LogP contribution in [0.1, 0.15) is 12.5 Å². The van der Waals surface area contributed by atoms with Gasteiger partial charge in [-0.05, 0) is 30.7 Å². The molecule has 2 rings (SSSR count). The minimum Gasteiger partial charge on any atom is -0.497 e. The van der Waals surface area contributed by atoms with E-state index in [0.717, 1.165) is 22.2 Å². The number of Topliss-reactive ketones (excluding diaryl/α,β-unsaturated/α-hetero) is 1. The zero-order valence-electron chi connectivity index (χ0n) is 9.78. The summed E-state index contributed by atoms with van der Waals surface area (Å²) in [6, 6.07) is 5.92. The third kappa shape index (κ3) is 1.81. The van der Waals surface area contributed by atoms with E-state index in [9.17, 15) is 4.79 Å². The zero-order chi connectivity index (χ0) is 11.7. The number of rotatable bonds is 3. The number of benzene rings is 1. The van der Waals surface area contributed by atoms with E-state index in [1.165, 1.54) is 0 Å². The molecule has 0 atom stereocenters. The Morgan fingerprint density at radius 2 is 2.19 bits per heavy atom. The van der Waals surface area contributed by atoms with E-state index in [2.05, 4.69) is 0 Å². The highest BCUT2D eigenvalue weighted by atomic mass is 16.5. The molecule has 1 aromatic heterocycles. The number of methoxy groups -OCH3 is 1. The van der Waals surface area contributed by atoms with Crippen LogP contribution in [0.25, 0.3) is 10.9 Å². The average Bonchev–Trinajstić information content (AvgIpc) is 2.54. The van der Waals surface area contributed by atoms with Crippen molar-refractivity contribution in [1.82, 2.24) is 4.57 Å². The Morgan fingerprint density at radius 3 is 2.81 bits per heavy atom. The number of fused-ring (bicyclic) bond motifs is 1. The summed E-state index contributed by atoms with van der Waals surface area (Å²) in [5.41, 5.74) is 2.18. The van der Waals surface area contributed by atoms with Gasteiger partial charge in [0, 0.05) is 30.6 Å². The molecule has 0 unspecified atom stereocenters. The lowest BCUT2D eigenvalue weighted by molar-refractivity contribution is -0.116. The Bertz CT molecular complexity index is 540. The van der Waals surface area contributed by atoms with Gasteiger partial charge in [0.05, 0.1) is 7.11 Å². The maximum absolute atomic E-state index is 11.2. The van der Waals surface area contributed by atoms with Gasteiger partial charge in [0.1, 0.15) is 11.5 Å². The number of aromatic nitrogens is 1. The molecule has 0 N–H and O–H groups in total. The van der Waals surface area contributed by atoms with Crippen molar-refractivity contribution in [2.45, 2.75) is 13.3 Å². The Morgan fingerprint density at radius 1 is 1.44 bits per heavy atom. The molecule has 0 fully saturated rings. The van der Waals surface area contributed by atoms with E-state index in [1.807, 2.05) is 36.0 Å². The van der Waals surface area contributed by atoms with Crippen LogP contribution in [0.3, 0.4) is 0 Å². The molecule has 0 saturated carbocycles. The van der Waals surface area contributed by atoms with E-state index < -0.39 is 0 Å². The summed E-state index contributed by atoms with van der Waals surface area (Å²) in [5, 5.41) is 1.09. The number of hydrogen-bond donors (Lipinski definition) is 0. The molecule has 1 heterocycles. The van der Waals surface area contributed by atoms with Crippen LogP contribution < -0.4 is 4.74 Å². The molecule has 0 aliphatic carbocycles. The van der Waals surface area contributed by atoms with Gasteiger partial charge in [-0.1, -0.05) is 0 Å². The van der Waals surface area contributed by atoms with Gasteiger partial charge in [-0.3, -0.25) is 4.79 Å². The fourth-order valence-corrected chi connectivity index (χ4v) is 1.99. The maximum atomic E-state index is 11.2. The first kappa shape index (κ1) is 10.7. The molecule has 84 valence electrons. The van der Waals surface area contributed by atoms with Crippen LogP contribution in [0.4, 0.5) is 0 Å². The van der Waals surface area contributed by atoms with Crippen molar-refractivity contribution in [2.75, 3.05) is 7.11 Å². The molecule has 1 aromatic carbocycles. The highest BCUT2D eigenvalue weighted by Crippen LogP contribution is 2.25. The number of carbonyl (C=O) groups excluding carboxylic acids is 1. The van der Waals surface area contributed by atoms with Crippen LogP contribution in [0.15, 0.2) is 24.4 Å². The molecular formula is C13H15NO2. The van der Waals surface area contributed by atoms with Crippen molar-refractivity contribution in [2.24, 2.45) is 7.05 Å². The molecule has 16 heavy (non-hydrogen) atoms. The lowest BCUT2D eigenvalue weighted by atomic mass is 10.1. The number of ether oxygens (including phenoxy) is 1. The molecule has 0 aliphatic rings. The number of nitrogens with zero attached hydrogens (tertiary/aromatic N) is 1. The van der Waals surface area contributed by atoms with Crippen molar-refractivity contribution in [3.63, 3.8) is 0 Å². The van der Waals surface area contributed by atoms with Crippen LogP contribution in [-0.2, 0) is 18.3 Å². The minimum absolute atomic E-state index is 0.176. The van der Waals surface area contributed by atoms with E-state index in [4.69, 9.17) is 4.74 Å². The molecule has 0 saturated heterocycles. The van der Waals surface area contributed by atoms with Crippen LogP contribution >= 0.6 is 0 Å². The predicted octanol–water partition coefficient (Wildman–Crippen LogP) is 2.32. The Hall–Kier alpha value is -1.77. The van der Waals surface area contributed by atoms with Gasteiger partial charge < -0.3 is 9.30 Å². The van der Waals surface area contributed by atoms with Gasteiger partial charge in [0.25, 0.3) is 0 Å². The van der Waals surface area contributed by atoms with Gasteiger partial charge in [-0.2, -0.15) is 0 Å². The quantitative estimate of drug-likeness (QED) is 0.790. The van der Waals surface area contributed by atoms with E-state index in [0.29, 0.717) is 6.42 Å². The van der Waals surface area contributed by atoms with Gasteiger partial charge in [-0.15, -0.1) is 0 Å². The molecule has 0 amide bonds. The van der Waals surface area contributed by atoms with Crippen molar-refractivity contribution in [3.8, 4) is 5.75 Å². The van der Waals surface area contributed by atoms with Crippen molar-refractivity contribution in [3.05, 3.63) is 30.0 Å². The van der Waals surface area contributed by atoms with Gasteiger partial charge in [0.2, 0.25) is 0 Å². The number of hydrogen-bond acceptors (Lipinski definition) is 2. The summed E-state index contributed by atoms with van der Waals surface area (Å²) in [4.78, 5) is 11.2. The molecule has 0 aliphatic heterocycles. The Balaban J connectivity index is 2.60. The molecule has 3 heteroatoms. The predicted molar refractivity (Wildman–Crippen MR) is 63.9 cm³/mol. The third-order valence-electron chi connectivity index (χ3n) is 2.72. The Kier molecular flexibility index (Phi) is 2.69. The van der Waals surface area contributed by atoms with E-state index in [1.54, 1.807) is 14.0 Å². The molecular weight excluding hydrogens is 202 g/mol. The highest BCUT2D eigenvalue weighted by molar-refractivity contribution is 5.90. The first-order chi connectivity index (χ1) is 7.61. The summed E-state index contributed by atoms with van der Waals surface area (Å²) >= 11 is 0. The third-order valence-corrected chi connectivity index (χ3v) is 2.72. The van der Waals surface area contributed by atoms with Crippen LogP contribution in [0.5, 0.6) is 5.75 Å². The summed E-state index contributed by atoms with van der Waals surface area (Å²) in [5.74, 6) is 0.999. The lowest BCUT2D eigenvalue weighted by Crippen LogP contribution is -1.95. The summed E-state index contributed by atoms with van der Waals surface area (Å²) in [6.07, 6.45) is 2.48. The average molecular weight is 217 g/mol. The topological polar surface area (TPSA) is 31.2 Å². The smallest absolute Gasteiger partial charge is 0.134 e. The maximum Gasteiger partial charge on any atom is 0.134 e. The van der Waals surface area contributed by atoms with Crippen molar-refractivity contribution >= 4 is 16.7 Å². The molecule has 0 radical (unpaired) electrons. The van der Waals surface area contributed by atoms with Crippen LogP contribution in [0.2, 0.25) is 0 Å². The Labute approximate surface area is 94.6 Å². The zero-order valence-corrected chi connectivity index (χ0v) is 9.78.